The van der Waals surface area contributed by atoms with Gasteiger partial charge in [0.2, 0.25) is 0 Å². The lowest BCUT2D eigenvalue weighted by molar-refractivity contribution is 0.152. The van der Waals surface area contributed by atoms with E-state index in [0.29, 0.717) is 6.61 Å². The lowest BCUT2D eigenvalue weighted by Gasteiger charge is -2.39. The first-order valence-corrected chi connectivity index (χ1v) is 9.99. The molecular weight excluding hydrogens is 266 g/mol. The van der Waals surface area contributed by atoms with E-state index in [4.69, 9.17) is 5.11 Å². The Morgan fingerprint density at radius 2 is 1.65 bits per heavy atom. The molecule has 2 fully saturated rings. The summed E-state index contributed by atoms with van der Waals surface area (Å²) < 4.78 is 0. The summed E-state index contributed by atoms with van der Waals surface area (Å²) in [4.78, 5) is 0. The van der Waals surface area contributed by atoms with E-state index in [1.165, 1.54) is 63.5 Å². The van der Waals surface area contributed by atoms with Crippen LogP contribution in [-0.2, 0) is 0 Å². The maximum absolute atomic E-state index is 8.78. The molecule has 2 nitrogen and oxygen atoms in total. The van der Waals surface area contributed by atoms with Crippen LogP contribution in [-0.4, -0.2) is 35.8 Å². The number of aliphatic hydroxyl groups is 1. The molecule has 2 saturated carbocycles. The summed E-state index contributed by atoms with van der Waals surface area (Å²) in [6, 6.07) is 0.797. The molecule has 2 aliphatic carbocycles. The molecule has 2 aliphatic rings. The number of rotatable bonds is 8. The molecule has 0 aromatic carbocycles. The third kappa shape index (κ3) is 5.57. The summed E-state index contributed by atoms with van der Waals surface area (Å²) in [5.74, 6) is 4.29. The number of aliphatic hydroxyl groups excluding tert-OH is 1. The average Bonchev–Trinajstić information content (AvgIpc) is 2.52. The maximum Gasteiger partial charge on any atom is 0.0438 e. The van der Waals surface area contributed by atoms with Crippen LogP contribution >= 0.6 is 11.8 Å². The van der Waals surface area contributed by atoms with Gasteiger partial charge in [0, 0.05) is 24.9 Å². The quantitative estimate of drug-likeness (QED) is 0.668. The fraction of sp³-hybridized carbons (Fsp3) is 1.00. The lowest BCUT2D eigenvalue weighted by Crippen LogP contribution is -2.43. The molecule has 0 radical (unpaired) electrons. The van der Waals surface area contributed by atoms with Gasteiger partial charge in [-0.25, -0.2) is 0 Å². The molecule has 2 N–H and O–H groups in total. The normalized spacial score (nSPS) is 28.6. The SMILES string of the molecule is OCCCSCCNC1CCCCC1C1CCCCC1. The zero-order valence-corrected chi connectivity index (χ0v) is 13.8. The Morgan fingerprint density at radius 1 is 0.900 bits per heavy atom. The highest BCUT2D eigenvalue weighted by molar-refractivity contribution is 7.99. The van der Waals surface area contributed by atoms with Gasteiger partial charge < -0.3 is 10.4 Å². The number of hydrogen-bond donors (Lipinski definition) is 2. The van der Waals surface area contributed by atoms with Gasteiger partial charge in [0.1, 0.15) is 0 Å². The number of thioether (sulfide) groups is 1. The van der Waals surface area contributed by atoms with E-state index in [0.717, 1.165) is 36.6 Å². The van der Waals surface area contributed by atoms with Gasteiger partial charge in [0.25, 0.3) is 0 Å². The lowest BCUT2D eigenvalue weighted by atomic mass is 9.71. The number of hydrogen-bond acceptors (Lipinski definition) is 3. The Balaban J connectivity index is 1.67. The van der Waals surface area contributed by atoms with Crippen molar-refractivity contribution in [1.82, 2.24) is 5.32 Å². The smallest absolute Gasteiger partial charge is 0.0438 e. The van der Waals surface area contributed by atoms with Crippen molar-refractivity contribution in [2.45, 2.75) is 70.3 Å². The van der Waals surface area contributed by atoms with E-state index in [9.17, 15) is 0 Å². The van der Waals surface area contributed by atoms with Crippen molar-refractivity contribution in [2.24, 2.45) is 11.8 Å². The van der Waals surface area contributed by atoms with Gasteiger partial charge in [-0.1, -0.05) is 44.9 Å². The van der Waals surface area contributed by atoms with Gasteiger partial charge >= 0.3 is 0 Å². The van der Waals surface area contributed by atoms with E-state index >= 15 is 0 Å². The molecule has 0 aromatic heterocycles. The third-order valence-corrected chi connectivity index (χ3v) is 6.24. The minimum absolute atomic E-state index is 0.340. The first-order valence-electron chi connectivity index (χ1n) is 8.84. The molecule has 0 aromatic rings. The van der Waals surface area contributed by atoms with Crippen molar-refractivity contribution >= 4 is 11.8 Å². The minimum atomic E-state index is 0.340. The summed E-state index contributed by atoms with van der Waals surface area (Å²) in [5.41, 5.74) is 0. The monoisotopic (exact) mass is 299 g/mol. The van der Waals surface area contributed by atoms with E-state index in [2.05, 4.69) is 5.32 Å². The molecule has 0 saturated heterocycles. The van der Waals surface area contributed by atoms with Gasteiger partial charge in [-0.2, -0.15) is 11.8 Å². The minimum Gasteiger partial charge on any atom is -0.396 e. The standard InChI is InChI=1S/C17H33NOS/c19-12-6-13-20-14-11-18-17-10-5-4-9-16(17)15-7-2-1-3-8-15/h15-19H,1-14H2. The van der Waals surface area contributed by atoms with Crippen LogP contribution in [0.2, 0.25) is 0 Å². The van der Waals surface area contributed by atoms with Crippen LogP contribution in [0.25, 0.3) is 0 Å². The highest BCUT2D eigenvalue weighted by atomic mass is 32.2. The molecule has 0 spiro atoms. The molecule has 0 heterocycles. The van der Waals surface area contributed by atoms with Crippen molar-refractivity contribution in [3.8, 4) is 0 Å². The zero-order valence-electron chi connectivity index (χ0n) is 13.0. The van der Waals surface area contributed by atoms with Crippen LogP contribution in [0, 0.1) is 11.8 Å². The van der Waals surface area contributed by atoms with Crippen molar-refractivity contribution in [3.05, 3.63) is 0 Å². The number of nitrogens with one attached hydrogen (secondary N) is 1. The summed E-state index contributed by atoms with van der Waals surface area (Å²) in [6.45, 7) is 1.50. The Hall–Kier alpha value is 0.270. The predicted molar refractivity (Wildman–Crippen MR) is 89.4 cm³/mol. The predicted octanol–water partition coefficient (Wildman–Crippen LogP) is 3.83. The Labute approximate surface area is 129 Å². The fourth-order valence-electron chi connectivity index (χ4n) is 4.12. The molecule has 0 aliphatic heterocycles. The van der Waals surface area contributed by atoms with Gasteiger partial charge in [0.15, 0.2) is 0 Å². The molecule has 2 atom stereocenters. The van der Waals surface area contributed by atoms with E-state index in [1.54, 1.807) is 0 Å². The molecule has 0 bridgehead atoms. The van der Waals surface area contributed by atoms with Crippen LogP contribution in [0.1, 0.15) is 64.2 Å². The molecule has 3 heteroatoms. The maximum atomic E-state index is 8.78. The topological polar surface area (TPSA) is 32.3 Å². The first kappa shape index (κ1) is 16.6. The molecule has 0 amide bonds. The summed E-state index contributed by atoms with van der Waals surface area (Å²) in [5, 5.41) is 12.6. The highest BCUT2D eigenvalue weighted by Crippen LogP contribution is 2.38. The van der Waals surface area contributed by atoms with E-state index in [-0.39, 0.29) is 0 Å². The van der Waals surface area contributed by atoms with Crippen LogP contribution < -0.4 is 5.32 Å². The van der Waals surface area contributed by atoms with Crippen molar-refractivity contribution in [3.63, 3.8) is 0 Å². The molecule has 20 heavy (non-hydrogen) atoms. The van der Waals surface area contributed by atoms with E-state index < -0.39 is 0 Å². The van der Waals surface area contributed by atoms with Crippen LogP contribution in [0.4, 0.5) is 0 Å². The summed E-state index contributed by atoms with van der Waals surface area (Å²) in [6.07, 6.45) is 14.1. The third-order valence-electron chi connectivity index (χ3n) is 5.17. The van der Waals surface area contributed by atoms with Gasteiger partial charge in [-0.05, 0) is 36.9 Å². The van der Waals surface area contributed by atoms with Gasteiger partial charge in [-0.15, -0.1) is 0 Å². The van der Waals surface area contributed by atoms with Gasteiger partial charge in [0.05, 0.1) is 0 Å². The zero-order chi connectivity index (χ0) is 14.0. The second-order valence-electron chi connectivity index (χ2n) is 6.60. The van der Waals surface area contributed by atoms with Gasteiger partial charge in [-0.3, -0.25) is 0 Å². The molecule has 2 unspecified atom stereocenters. The largest absolute Gasteiger partial charge is 0.396 e. The molecular formula is C17H33NOS. The Morgan fingerprint density at radius 3 is 2.45 bits per heavy atom. The van der Waals surface area contributed by atoms with Crippen molar-refractivity contribution in [2.75, 3.05) is 24.7 Å². The second kappa shape index (κ2) is 10.1. The molecule has 118 valence electrons. The average molecular weight is 300 g/mol. The van der Waals surface area contributed by atoms with Crippen molar-refractivity contribution < 1.29 is 5.11 Å². The van der Waals surface area contributed by atoms with Crippen LogP contribution in [0.15, 0.2) is 0 Å². The second-order valence-corrected chi connectivity index (χ2v) is 7.82. The van der Waals surface area contributed by atoms with Crippen LogP contribution in [0.3, 0.4) is 0 Å². The van der Waals surface area contributed by atoms with Crippen molar-refractivity contribution in [1.29, 1.82) is 0 Å². The Kier molecular flexibility index (Phi) is 8.38. The first-order chi connectivity index (χ1) is 9.92. The molecule has 2 rings (SSSR count). The fourth-order valence-corrected chi connectivity index (χ4v) is 4.92. The highest BCUT2D eigenvalue weighted by Gasteiger charge is 2.31. The van der Waals surface area contributed by atoms with Crippen LogP contribution in [0.5, 0.6) is 0 Å². The Bertz CT molecular complexity index is 243. The van der Waals surface area contributed by atoms with E-state index in [1.807, 2.05) is 11.8 Å². The summed E-state index contributed by atoms with van der Waals surface area (Å²) >= 11 is 1.98. The summed E-state index contributed by atoms with van der Waals surface area (Å²) in [7, 11) is 0.